The maximum atomic E-state index is 2.25. The van der Waals surface area contributed by atoms with E-state index in [0.717, 1.165) is 0 Å². The van der Waals surface area contributed by atoms with Crippen LogP contribution in [0, 0.1) is 0 Å². The largest absolute Gasteiger partial charge is 0.311 e. The molecule has 3 rings (SSSR count). The van der Waals surface area contributed by atoms with Crippen molar-refractivity contribution in [1.29, 1.82) is 0 Å². The summed E-state index contributed by atoms with van der Waals surface area (Å²) >= 11 is 0. The predicted octanol–water partition coefficient (Wildman–Crippen LogP) is 3.97. The van der Waals surface area contributed by atoms with Gasteiger partial charge in [-0.1, -0.05) is 54.6 Å². The maximum absolute atomic E-state index is 2.25. The number of hydrogen-bond acceptors (Lipinski definition) is 1. The van der Waals surface area contributed by atoms with E-state index >= 15 is 0 Å². The average molecular weight is 275 g/mol. The Morgan fingerprint density at radius 2 is 0.650 bits per heavy atom. The van der Waals surface area contributed by atoms with Crippen molar-refractivity contribution in [2.24, 2.45) is 0 Å². The Hall–Kier alpha value is -2.01. The Morgan fingerprint density at radius 3 is 0.900 bits per heavy atom. The normalized spacial score (nSPS) is 9.60. The summed E-state index contributed by atoms with van der Waals surface area (Å²) < 4.78 is 0. The van der Waals surface area contributed by atoms with Crippen LogP contribution < -0.4 is 4.90 Å². The molecule has 0 heterocycles. The predicted molar refractivity (Wildman–Crippen MR) is 91.1 cm³/mol. The number of benzene rings is 3. The molecule has 0 aromatic heterocycles. The van der Waals surface area contributed by atoms with Gasteiger partial charge in [0.2, 0.25) is 0 Å². The van der Waals surface area contributed by atoms with Crippen LogP contribution in [-0.4, -0.2) is 17.4 Å². The fourth-order valence-corrected chi connectivity index (χ4v) is 2.18. The van der Waals surface area contributed by atoms with Crippen molar-refractivity contribution >= 4 is 34.4 Å². The number of hydrogen-bond donors (Lipinski definition) is 0. The minimum atomic E-state index is 0. The number of rotatable bonds is 3. The summed E-state index contributed by atoms with van der Waals surface area (Å²) in [6, 6.07) is 31.3. The van der Waals surface area contributed by atoms with Gasteiger partial charge in [-0.15, -0.1) is 0 Å². The van der Waals surface area contributed by atoms with Gasteiger partial charge in [-0.05, 0) is 36.4 Å². The van der Waals surface area contributed by atoms with E-state index < -0.39 is 0 Å². The molecular weight excluding hydrogens is 257 g/mol. The van der Waals surface area contributed by atoms with Gasteiger partial charge < -0.3 is 4.90 Å². The number of nitrogens with zero attached hydrogens (tertiary/aromatic N) is 1. The van der Waals surface area contributed by atoms with E-state index in [0.29, 0.717) is 0 Å². The highest BCUT2D eigenvalue weighted by atomic mass is 27.0. The molecule has 0 unspecified atom stereocenters. The monoisotopic (exact) mass is 275 g/mol. The highest BCUT2D eigenvalue weighted by molar-refractivity contribution is 5.76. The van der Waals surface area contributed by atoms with Crippen LogP contribution in [-0.2, 0) is 0 Å². The molecule has 3 aromatic rings. The van der Waals surface area contributed by atoms with Gasteiger partial charge in [0.15, 0.2) is 17.4 Å². The first-order chi connectivity index (χ1) is 9.45. The van der Waals surface area contributed by atoms with E-state index in [-0.39, 0.29) is 17.4 Å². The first kappa shape index (κ1) is 14.4. The van der Waals surface area contributed by atoms with Gasteiger partial charge in [-0.25, -0.2) is 0 Å². The molecule has 0 saturated heterocycles. The first-order valence-electron chi connectivity index (χ1n) is 6.40. The maximum Gasteiger partial charge on any atom is 0.187 e. The van der Waals surface area contributed by atoms with Crippen molar-refractivity contribution in [3.8, 4) is 0 Å². The van der Waals surface area contributed by atoms with Crippen molar-refractivity contribution in [3.63, 3.8) is 0 Å². The lowest BCUT2D eigenvalue weighted by atomic mass is 10.2. The van der Waals surface area contributed by atoms with Crippen molar-refractivity contribution in [2.45, 2.75) is 0 Å². The highest BCUT2D eigenvalue weighted by Crippen LogP contribution is 2.33. The van der Waals surface area contributed by atoms with Gasteiger partial charge in [0.1, 0.15) is 0 Å². The molecule has 0 spiro atoms. The van der Waals surface area contributed by atoms with Gasteiger partial charge in [0.25, 0.3) is 0 Å². The fourth-order valence-electron chi connectivity index (χ4n) is 2.18. The molecule has 1 nitrogen and oxygen atoms in total. The summed E-state index contributed by atoms with van der Waals surface area (Å²) in [5, 5.41) is 0. The molecule has 0 bridgehead atoms. The Kier molecular flexibility index (Phi) is 5.01. The van der Waals surface area contributed by atoms with Crippen LogP contribution in [0.15, 0.2) is 91.0 Å². The van der Waals surface area contributed by atoms with Crippen LogP contribution in [0.2, 0.25) is 0 Å². The SMILES string of the molecule is [AlH3].c1ccc(N(c2ccccc2)c2ccccc2)cc1. The molecule has 0 amide bonds. The smallest absolute Gasteiger partial charge is 0.187 e. The molecule has 2 heteroatoms. The van der Waals surface area contributed by atoms with Crippen LogP contribution in [0.5, 0.6) is 0 Å². The molecule has 0 fully saturated rings. The topological polar surface area (TPSA) is 3.24 Å². The lowest BCUT2D eigenvalue weighted by Crippen LogP contribution is -2.09. The Morgan fingerprint density at radius 1 is 0.400 bits per heavy atom. The molecule has 0 aliphatic rings. The quantitative estimate of drug-likeness (QED) is 0.654. The van der Waals surface area contributed by atoms with Crippen LogP contribution >= 0.6 is 0 Å². The number of anilines is 3. The average Bonchev–Trinajstić information content (AvgIpc) is 2.51. The lowest BCUT2D eigenvalue weighted by molar-refractivity contribution is 1.28. The van der Waals surface area contributed by atoms with Crippen molar-refractivity contribution < 1.29 is 0 Å². The number of para-hydroxylation sites is 3. The van der Waals surface area contributed by atoms with Gasteiger partial charge in [0, 0.05) is 17.1 Å². The second-order valence-electron chi connectivity index (χ2n) is 4.34. The Balaban J connectivity index is 0.00000147. The van der Waals surface area contributed by atoms with Gasteiger partial charge in [-0.3, -0.25) is 0 Å². The van der Waals surface area contributed by atoms with Gasteiger partial charge >= 0.3 is 0 Å². The van der Waals surface area contributed by atoms with E-state index in [1.165, 1.54) is 17.1 Å². The third kappa shape index (κ3) is 3.11. The first-order valence-corrected chi connectivity index (χ1v) is 6.40. The van der Waals surface area contributed by atoms with Crippen LogP contribution in [0.3, 0.4) is 0 Å². The summed E-state index contributed by atoms with van der Waals surface area (Å²) in [6.07, 6.45) is 0. The van der Waals surface area contributed by atoms with E-state index in [4.69, 9.17) is 0 Å². The van der Waals surface area contributed by atoms with Gasteiger partial charge in [-0.2, -0.15) is 0 Å². The zero-order chi connectivity index (χ0) is 12.9. The van der Waals surface area contributed by atoms with Crippen LogP contribution in [0.4, 0.5) is 17.1 Å². The molecule has 98 valence electrons. The molecular formula is C18H18AlN. The minimum absolute atomic E-state index is 0. The standard InChI is InChI=1S/C18H15N.Al.3H/c1-4-10-16(11-5-1)19(17-12-6-2-7-13-17)18-14-8-3-9-15-18;;;;/h1-15H;;;;. The molecule has 0 radical (unpaired) electrons. The Bertz CT molecular complexity index is 529. The van der Waals surface area contributed by atoms with E-state index in [1.807, 2.05) is 18.2 Å². The molecule has 3 aromatic carbocycles. The summed E-state index contributed by atoms with van der Waals surface area (Å²) in [6.45, 7) is 0. The van der Waals surface area contributed by atoms with Crippen LogP contribution in [0.1, 0.15) is 0 Å². The second-order valence-corrected chi connectivity index (χ2v) is 4.34. The second kappa shape index (κ2) is 6.96. The zero-order valence-electron chi connectivity index (χ0n) is 10.6. The van der Waals surface area contributed by atoms with Crippen molar-refractivity contribution in [1.82, 2.24) is 0 Å². The molecule has 0 aliphatic heterocycles. The minimum Gasteiger partial charge on any atom is -0.311 e. The Labute approximate surface area is 130 Å². The van der Waals surface area contributed by atoms with E-state index in [9.17, 15) is 0 Å². The van der Waals surface area contributed by atoms with Crippen molar-refractivity contribution in [2.75, 3.05) is 4.90 Å². The summed E-state index contributed by atoms with van der Waals surface area (Å²) in [5.41, 5.74) is 3.50. The summed E-state index contributed by atoms with van der Waals surface area (Å²) in [5.74, 6) is 0. The molecule has 0 saturated carbocycles. The third-order valence-electron chi connectivity index (χ3n) is 3.04. The molecule has 20 heavy (non-hydrogen) atoms. The summed E-state index contributed by atoms with van der Waals surface area (Å²) in [7, 11) is 0. The van der Waals surface area contributed by atoms with Crippen molar-refractivity contribution in [3.05, 3.63) is 91.0 Å². The fraction of sp³-hybridized carbons (Fsp3) is 0. The third-order valence-corrected chi connectivity index (χ3v) is 3.04. The van der Waals surface area contributed by atoms with Crippen LogP contribution in [0.25, 0.3) is 0 Å². The molecule has 0 atom stereocenters. The van der Waals surface area contributed by atoms with Gasteiger partial charge in [0.05, 0.1) is 0 Å². The molecule has 0 N–H and O–H groups in total. The van der Waals surface area contributed by atoms with E-state index in [1.54, 1.807) is 0 Å². The lowest BCUT2D eigenvalue weighted by Gasteiger charge is -2.25. The molecule has 0 aliphatic carbocycles. The zero-order valence-corrected chi connectivity index (χ0v) is 10.6. The highest BCUT2D eigenvalue weighted by Gasteiger charge is 2.10. The summed E-state index contributed by atoms with van der Waals surface area (Å²) in [4.78, 5) is 2.25. The van der Waals surface area contributed by atoms with E-state index in [2.05, 4.69) is 77.7 Å².